The number of aliphatic hydroxyl groups excluding tert-OH is 21. The van der Waals surface area contributed by atoms with E-state index in [1.165, 1.54) is 6.92 Å². The van der Waals surface area contributed by atoms with Crippen LogP contribution >= 0.6 is 0 Å². The molecular weight excluding hydrogens is 1520 g/mol. The largest absolute Gasteiger partial charge is 0.432 e. The minimum absolute atomic E-state index is 0.0161. The summed E-state index contributed by atoms with van der Waals surface area (Å²) in [6.45, 7) is 6.01. The molecule has 650 valence electrons. The molecule has 8 heterocycles. The van der Waals surface area contributed by atoms with E-state index in [0.29, 0.717) is 32.1 Å². The standard InChI is InChI=1S/C73H118O40/c1-27-49(106-58-46(91)50(33(82)21-99-58)107-64-56(72(97,24-78)26-102-64)112-59-45(90)43(88)41(86)34(17-74)104-59)52(109-63-54(94)71(96,23-77)25-101-63)48(93)60(103-27)110-53-40(85)32(81)20-100-62(53)113-65(95)73-13-12-66(2,3)14-29(73)28-8-9-37-67(4)15-30(79)55(68(5,22-76)36(67)10-11-69(37,6)70(28,7)16-38(73)83)111-61-47(92)51(42(87)35(18-75)105-61)108-57-44(89)39(84)31(80)19-98-57/h8,27,29-64,74-94,96-97H,9-26H2,1-7H3/t27-,29-,30-,31-,32-,33+,34+,35-,36+,37-,38+,39+,40+,41-,42-,43-,44-,45+,46+,47-,48+,49-,50-,51+,52-,53+,54-,55-,56-,57+,58-,59-,60-,61+,62-,63-,64-,67-,68-,69+,70+,71-,72-,73+/m0/s1. The third kappa shape index (κ3) is 15.2. The molecule has 13 rings (SSSR count). The zero-order chi connectivity index (χ0) is 82.3. The number of hydrogen-bond donors (Lipinski definition) is 23. The van der Waals surface area contributed by atoms with E-state index >= 15 is 4.79 Å². The average molecular weight is 1640 g/mol. The minimum atomic E-state index is -2.35. The van der Waals surface area contributed by atoms with Crippen molar-refractivity contribution in [1.82, 2.24) is 0 Å². The summed E-state index contributed by atoms with van der Waals surface area (Å²) in [7, 11) is 0. The van der Waals surface area contributed by atoms with Crippen molar-refractivity contribution < 1.29 is 198 Å². The van der Waals surface area contributed by atoms with E-state index in [1.807, 2.05) is 0 Å². The van der Waals surface area contributed by atoms with Crippen molar-refractivity contribution in [2.45, 2.75) is 320 Å². The Hall–Kier alpha value is -2.31. The summed E-state index contributed by atoms with van der Waals surface area (Å²) in [6.07, 6.45) is -55.9. The first-order valence-electron chi connectivity index (χ1n) is 39.0. The number of fused-ring (bicyclic) bond motifs is 7. The molecule has 5 aliphatic carbocycles. The third-order valence-electron chi connectivity index (χ3n) is 28.2. The van der Waals surface area contributed by atoms with Crippen LogP contribution in [0.25, 0.3) is 0 Å². The Morgan fingerprint density at radius 3 is 1.63 bits per heavy atom. The van der Waals surface area contributed by atoms with Gasteiger partial charge in [-0.05, 0) is 97.7 Å². The smallest absolute Gasteiger partial charge is 0.317 e. The topological polar surface area (TPSA) is 630 Å². The number of carbonyl (C=O) groups excluding carboxylic acids is 1. The van der Waals surface area contributed by atoms with Gasteiger partial charge in [0.1, 0.15) is 145 Å². The minimum Gasteiger partial charge on any atom is -0.432 e. The quantitative estimate of drug-likeness (QED) is 0.0288. The number of rotatable bonds is 21. The number of allylic oxidation sites excluding steroid dienone is 2. The maximum Gasteiger partial charge on any atom is 0.317 e. The molecule has 0 spiro atoms. The molecule has 40 heteroatoms. The fraction of sp³-hybridized carbons (Fsp3) is 0.959. The van der Waals surface area contributed by atoms with Crippen LogP contribution in [0.1, 0.15) is 99.8 Å². The van der Waals surface area contributed by atoms with Crippen LogP contribution in [0, 0.1) is 50.2 Å². The van der Waals surface area contributed by atoms with Crippen LogP contribution in [-0.4, -0.2) is 410 Å². The molecule has 44 atom stereocenters. The highest BCUT2D eigenvalue weighted by molar-refractivity contribution is 5.80. The molecule has 0 radical (unpaired) electrons. The van der Waals surface area contributed by atoms with Gasteiger partial charge in [0.15, 0.2) is 50.1 Å². The molecule has 0 unspecified atom stereocenters. The fourth-order valence-corrected chi connectivity index (χ4v) is 21.3. The molecule has 0 amide bonds. The summed E-state index contributed by atoms with van der Waals surface area (Å²) in [5, 5.41) is 257. The SMILES string of the molecule is C[C@@H]1O[C@@H](O[C@H]2[C@H](OC(=O)[C@]34CCC(C)(C)C[C@H]3C3=CC[C@H]5[C@@]6(C)C[C@H](O)[C@H](O[C@H]7O[C@@H](CO)[C@H](O)[C@@H](O[C@H]8OC[C@H](O)[C@@H](O)[C@@H]8O)[C@@H]7O)[C@@](C)(CO)[C@@H]6CC[C@@]5(C)[C@]3(C)C[C@H]4O)OC[C@H](O)[C@H]2O)[C@H](O)[C@H](O[C@@H]2OC[C@@](O)(CO)[C@H]2O)[C@H]1O[C@@H]1OC[C@@H](O)[C@H](O[C@@H]2OC[C@@](O)(CO)[C@H]2O[C@@H]2O[C@H](CO)[C@H](O)[C@H](O)[C@H]2O)[C@H]1O. The average Bonchev–Trinajstić information content (AvgIpc) is 0.926. The first-order valence-corrected chi connectivity index (χ1v) is 39.0. The number of hydrogen-bond acceptors (Lipinski definition) is 40. The maximum absolute atomic E-state index is 15.9. The molecule has 23 N–H and O–H groups in total. The Balaban J connectivity index is 0.729. The second kappa shape index (κ2) is 33.2. The first kappa shape index (κ1) is 88.5. The number of aliphatic hydroxyl groups is 23. The fourth-order valence-electron chi connectivity index (χ4n) is 21.3. The highest BCUT2D eigenvalue weighted by atomic mass is 16.8. The van der Waals surface area contributed by atoms with Gasteiger partial charge in [-0.15, -0.1) is 0 Å². The Bertz CT molecular complexity index is 3280. The zero-order valence-electron chi connectivity index (χ0n) is 63.9. The van der Waals surface area contributed by atoms with Gasteiger partial charge in [0.2, 0.25) is 6.29 Å². The van der Waals surface area contributed by atoms with Gasteiger partial charge in [0.05, 0.1) is 90.5 Å². The number of esters is 1. The zero-order valence-corrected chi connectivity index (χ0v) is 63.9. The van der Waals surface area contributed by atoms with Crippen LogP contribution in [0.15, 0.2) is 11.6 Å². The van der Waals surface area contributed by atoms with Gasteiger partial charge in [-0.25, -0.2) is 0 Å². The van der Waals surface area contributed by atoms with Gasteiger partial charge in [-0.3, -0.25) is 4.79 Å². The van der Waals surface area contributed by atoms with Crippen molar-refractivity contribution in [2.75, 3.05) is 66.1 Å². The van der Waals surface area contributed by atoms with E-state index < -0.39 is 337 Å². The van der Waals surface area contributed by atoms with Gasteiger partial charge in [-0.1, -0.05) is 53.2 Å². The molecule has 0 aromatic carbocycles. The van der Waals surface area contributed by atoms with E-state index in [-0.39, 0.29) is 25.2 Å². The molecular formula is C73H118O40. The molecule has 0 bridgehead atoms. The predicted octanol–water partition coefficient (Wildman–Crippen LogP) is -9.60. The summed E-state index contributed by atoms with van der Waals surface area (Å²) in [5.41, 5.74) is -9.53. The van der Waals surface area contributed by atoms with E-state index in [1.54, 1.807) is 6.92 Å². The lowest BCUT2D eigenvalue weighted by atomic mass is 9.33. The van der Waals surface area contributed by atoms with Crippen molar-refractivity contribution in [3.63, 3.8) is 0 Å². The summed E-state index contributed by atoms with van der Waals surface area (Å²) < 4.78 is 95.5. The molecule has 0 aromatic heterocycles. The van der Waals surface area contributed by atoms with Gasteiger partial charge < -0.3 is 193 Å². The summed E-state index contributed by atoms with van der Waals surface area (Å²) in [5.74, 6) is -2.33. The van der Waals surface area contributed by atoms with E-state index in [0.717, 1.165) is 5.57 Å². The van der Waals surface area contributed by atoms with Crippen LogP contribution in [0.2, 0.25) is 0 Å². The molecule has 12 fully saturated rings. The lowest BCUT2D eigenvalue weighted by Crippen LogP contribution is -2.71. The van der Waals surface area contributed by atoms with Crippen molar-refractivity contribution >= 4 is 5.97 Å². The maximum atomic E-state index is 15.9. The Morgan fingerprint density at radius 1 is 0.451 bits per heavy atom. The molecule has 13 aliphatic rings. The van der Waals surface area contributed by atoms with E-state index in [9.17, 15) is 117 Å². The Morgan fingerprint density at radius 2 is 0.982 bits per heavy atom. The highest BCUT2D eigenvalue weighted by Gasteiger charge is 2.74. The molecule has 4 saturated carbocycles. The van der Waals surface area contributed by atoms with Gasteiger partial charge >= 0.3 is 5.97 Å². The molecule has 0 aromatic rings. The molecule has 8 aliphatic heterocycles. The van der Waals surface area contributed by atoms with Crippen LogP contribution in [-0.2, 0) is 80.6 Å². The van der Waals surface area contributed by atoms with Crippen molar-refractivity contribution in [2.24, 2.45) is 50.2 Å². The monoisotopic (exact) mass is 1630 g/mol. The second-order valence-electron chi connectivity index (χ2n) is 35.6. The summed E-state index contributed by atoms with van der Waals surface area (Å²) >= 11 is 0. The summed E-state index contributed by atoms with van der Waals surface area (Å²) in [6, 6.07) is 0. The molecule has 113 heavy (non-hydrogen) atoms. The number of ether oxygens (including phenoxy) is 16. The van der Waals surface area contributed by atoms with E-state index in [2.05, 4.69) is 40.7 Å². The lowest BCUT2D eigenvalue weighted by molar-refractivity contribution is -0.385. The third-order valence-corrected chi connectivity index (χ3v) is 28.2. The highest BCUT2D eigenvalue weighted by Crippen LogP contribution is 2.76. The van der Waals surface area contributed by atoms with Crippen LogP contribution in [0.5, 0.6) is 0 Å². The normalized spacial score (nSPS) is 55.3. The van der Waals surface area contributed by atoms with Crippen molar-refractivity contribution in [1.29, 1.82) is 0 Å². The number of carbonyl (C=O) groups is 1. The predicted molar refractivity (Wildman–Crippen MR) is 366 cm³/mol. The van der Waals surface area contributed by atoms with Crippen LogP contribution in [0.3, 0.4) is 0 Å². The molecule has 8 saturated heterocycles. The Kier molecular flexibility index (Phi) is 26.0. The Labute approximate surface area is 649 Å². The van der Waals surface area contributed by atoms with Gasteiger partial charge in [0, 0.05) is 5.41 Å². The lowest BCUT2D eigenvalue weighted by Gasteiger charge is -2.72. The van der Waals surface area contributed by atoms with E-state index in [4.69, 9.17) is 75.8 Å². The van der Waals surface area contributed by atoms with Crippen LogP contribution in [0.4, 0.5) is 0 Å². The van der Waals surface area contributed by atoms with Gasteiger partial charge in [0.25, 0.3) is 0 Å². The van der Waals surface area contributed by atoms with Crippen LogP contribution < -0.4 is 0 Å². The van der Waals surface area contributed by atoms with Crippen molar-refractivity contribution in [3.05, 3.63) is 11.6 Å². The molecule has 40 nitrogen and oxygen atoms in total. The second-order valence-corrected chi connectivity index (χ2v) is 35.6. The van der Waals surface area contributed by atoms with Crippen molar-refractivity contribution in [3.8, 4) is 0 Å². The summed E-state index contributed by atoms with van der Waals surface area (Å²) in [4.78, 5) is 15.9. The first-order chi connectivity index (χ1) is 53.1. The van der Waals surface area contributed by atoms with Gasteiger partial charge in [-0.2, -0.15) is 0 Å².